The van der Waals surface area contributed by atoms with Crippen molar-refractivity contribution in [2.75, 3.05) is 7.11 Å². The van der Waals surface area contributed by atoms with Crippen LogP contribution >= 0.6 is 0 Å². The molecule has 0 fully saturated rings. The zero-order chi connectivity index (χ0) is 18.1. The minimum absolute atomic E-state index is 0.268. The van der Waals surface area contributed by atoms with E-state index in [2.05, 4.69) is 4.98 Å². The van der Waals surface area contributed by atoms with Gasteiger partial charge in [0.25, 0.3) is 5.56 Å². The second-order valence-electron chi connectivity index (χ2n) is 6.17. The molecule has 7 nitrogen and oxygen atoms in total. The number of hydrogen-bond acceptors (Lipinski definition) is 4. The fraction of sp³-hybridized carbons (Fsp3) is 0.389. The van der Waals surface area contributed by atoms with Crippen molar-refractivity contribution in [2.24, 2.45) is 0 Å². The number of nitrogens with zero attached hydrogens (tertiary/aromatic N) is 4. The van der Waals surface area contributed by atoms with Gasteiger partial charge in [-0.15, -0.1) is 0 Å². The van der Waals surface area contributed by atoms with Crippen LogP contribution in [0.3, 0.4) is 0 Å². The van der Waals surface area contributed by atoms with Crippen molar-refractivity contribution in [1.82, 2.24) is 18.7 Å². The molecule has 0 saturated carbocycles. The maximum atomic E-state index is 13.1. The first-order valence-corrected chi connectivity index (χ1v) is 8.37. The molecule has 0 spiro atoms. The number of benzene rings is 1. The summed E-state index contributed by atoms with van der Waals surface area (Å²) in [5.41, 5.74) is 0.618. The van der Waals surface area contributed by atoms with Crippen molar-refractivity contribution < 1.29 is 4.74 Å². The van der Waals surface area contributed by atoms with E-state index in [1.807, 2.05) is 37.5 Å². The largest absolute Gasteiger partial charge is 0.495 e. The second kappa shape index (κ2) is 6.58. The zero-order valence-corrected chi connectivity index (χ0v) is 14.9. The van der Waals surface area contributed by atoms with Crippen LogP contribution in [0.1, 0.15) is 33.2 Å². The predicted molar refractivity (Wildman–Crippen MR) is 96.8 cm³/mol. The molecular weight excluding hydrogens is 320 g/mol. The Morgan fingerprint density at radius 1 is 1.20 bits per heavy atom. The summed E-state index contributed by atoms with van der Waals surface area (Å²) in [6, 6.07) is 6.95. The lowest BCUT2D eigenvalue weighted by Crippen LogP contribution is -2.41. The Morgan fingerprint density at radius 2 is 1.92 bits per heavy atom. The summed E-state index contributed by atoms with van der Waals surface area (Å²) in [6.45, 7) is 6.33. The molecule has 0 aliphatic carbocycles. The number of para-hydroxylation sites is 2. The molecule has 2 heterocycles. The van der Waals surface area contributed by atoms with Crippen LogP contribution < -0.4 is 16.0 Å². The fourth-order valence-corrected chi connectivity index (χ4v) is 3.05. The highest BCUT2D eigenvalue weighted by Crippen LogP contribution is 2.23. The third-order valence-electron chi connectivity index (χ3n) is 4.16. The van der Waals surface area contributed by atoms with E-state index >= 15 is 0 Å². The molecule has 0 amide bonds. The molecular formula is C18H22N4O3. The van der Waals surface area contributed by atoms with Crippen molar-refractivity contribution in [1.29, 1.82) is 0 Å². The molecule has 25 heavy (non-hydrogen) atoms. The molecule has 3 rings (SSSR count). The molecule has 0 saturated heterocycles. The molecule has 0 aliphatic heterocycles. The molecule has 0 atom stereocenters. The summed E-state index contributed by atoms with van der Waals surface area (Å²) in [7, 11) is 1.55. The van der Waals surface area contributed by atoms with Crippen LogP contribution in [0.5, 0.6) is 5.75 Å². The van der Waals surface area contributed by atoms with Crippen molar-refractivity contribution in [3.05, 3.63) is 51.4 Å². The predicted octanol–water partition coefficient (Wildman–Crippen LogP) is 2.35. The molecule has 132 valence electrons. The number of methoxy groups -OCH3 is 1. The molecule has 3 aromatic rings. The molecule has 2 aromatic heterocycles. The van der Waals surface area contributed by atoms with Crippen LogP contribution in [0.2, 0.25) is 0 Å². The minimum Gasteiger partial charge on any atom is -0.495 e. The zero-order valence-electron chi connectivity index (χ0n) is 14.9. The first kappa shape index (κ1) is 17.0. The van der Waals surface area contributed by atoms with Gasteiger partial charge >= 0.3 is 5.69 Å². The fourth-order valence-electron chi connectivity index (χ4n) is 3.05. The summed E-state index contributed by atoms with van der Waals surface area (Å²) >= 11 is 0. The topological polar surface area (TPSA) is 71.0 Å². The summed E-state index contributed by atoms with van der Waals surface area (Å²) in [5.74, 6) is 0.546. The summed E-state index contributed by atoms with van der Waals surface area (Å²) in [4.78, 5) is 30.4. The smallest absolute Gasteiger partial charge is 0.337 e. The van der Waals surface area contributed by atoms with E-state index in [1.165, 1.54) is 9.13 Å². The van der Waals surface area contributed by atoms with Gasteiger partial charge in [-0.25, -0.2) is 14.3 Å². The van der Waals surface area contributed by atoms with Crippen LogP contribution in [0.25, 0.3) is 16.9 Å². The van der Waals surface area contributed by atoms with E-state index < -0.39 is 5.69 Å². The van der Waals surface area contributed by atoms with Gasteiger partial charge in [0.1, 0.15) is 5.75 Å². The Morgan fingerprint density at radius 3 is 2.56 bits per heavy atom. The van der Waals surface area contributed by atoms with Gasteiger partial charge in [-0.1, -0.05) is 19.1 Å². The summed E-state index contributed by atoms with van der Waals surface area (Å²) < 4.78 is 9.94. The van der Waals surface area contributed by atoms with Gasteiger partial charge in [0.2, 0.25) is 0 Å². The number of aryl methyl sites for hydroxylation is 1. The number of fused-ring (bicyclic) bond motifs is 1. The number of aromatic nitrogens is 4. The van der Waals surface area contributed by atoms with Crippen molar-refractivity contribution in [3.8, 4) is 11.4 Å². The lowest BCUT2D eigenvalue weighted by atomic mass is 10.2. The highest BCUT2D eigenvalue weighted by molar-refractivity contribution is 5.73. The van der Waals surface area contributed by atoms with Gasteiger partial charge < -0.3 is 9.30 Å². The van der Waals surface area contributed by atoms with Gasteiger partial charge in [0.05, 0.1) is 19.1 Å². The Kier molecular flexibility index (Phi) is 4.48. The Hall–Kier alpha value is -2.83. The van der Waals surface area contributed by atoms with Gasteiger partial charge in [0.15, 0.2) is 11.2 Å². The van der Waals surface area contributed by atoms with Gasteiger partial charge in [-0.05, 0) is 32.4 Å². The van der Waals surface area contributed by atoms with Gasteiger partial charge in [-0.3, -0.25) is 9.36 Å². The van der Waals surface area contributed by atoms with E-state index in [0.29, 0.717) is 29.1 Å². The third kappa shape index (κ3) is 2.65. The highest BCUT2D eigenvalue weighted by Gasteiger charge is 2.21. The first-order chi connectivity index (χ1) is 12.0. The van der Waals surface area contributed by atoms with E-state index in [9.17, 15) is 9.59 Å². The van der Waals surface area contributed by atoms with Gasteiger partial charge in [0, 0.05) is 12.6 Å². The standard InChI is InChI=1S/C18H22N4O3/c1-5-10-20-11-19-16-15(20)17(23)21(12(2)3)18(24)22(16)13-8-6-7-9-14(13)25-4/h6-9,11-12H,5,10H2,1-4H3. The molecule has 1 aromatic carbocycles. The molecule has 0 aliphatic rings. The number of imidazole rings is 1. The van der Waals surface area contributed by atoms with Gasteiger partial charge in [-0.2, -0.15) is 0 Å². The molecule has 0 radical (unpaired) electrons. The average Bonchev–Trinajstić information content (AvgIpc) is 2.99. The van der Waals surface area contributed by atoms with Crippen LogP contribution in [-0.2, 0) is 6.54 Å². The number of rotatable bonds is 5. The van der Waals surface area contributed by atoms with Crippen LogP contribution in [0.4, 0.5) is 0 Å². The monoisotopic (exact) mass is 342 g/mol. The molecule has 0 bridgehead atoms. The quantitative estimate of drug-likeness (QED) is 0.713. The van der Waals surface area contributed by atoms with Crippen LogP contribution in [-0.4, -0.2) is 25.8 Å². The van der Waals surface area contributed by atoms with E-state index in [1.54, 1.807) is 25.6 Å². The lowest BCUT2D eigenvalue weighted by Gasteiger charge is -2.16. The van der Waals surface area contributed by atoms with Crippen LogP contribution in [0, 0.1) is 0 Å². The maximum Gasteiger partial charge on any atom is 0.337 e. The number of hydrogen-bond donors (Lipinski definition) is 0. The number of ether oxygens (including phenoxy) is 1. The maximum absolute atomic E-state index is 13.1. The van der Waals surface area contributed by atoms with Crippen molar-refractivity contribution >= 4 is 11.2 Å². The second-order valence-corrected chi connectivity index (χ2v) is 6.17. The third-order valence-corrected chi connectivity index (χ3v) is 4.16. The first-order valence-electron chi connectivity index (χ1n) is 8.37. The lowest BCUT2D eigenvalue weighted by molar-refractivity contribution is 0.412. The SMILES string of the molecule is CCCn1cnc2c1c(=O)n(C(C)C)c(=O)n2-c1ccccc1OC. The van der Waals surface area contributed by atoms with E-state index in [4.69, 9.17) is 4.74 Å². The normalized spacial score (nSPS) is 11.4. The molecule has 7 heteroatoms. The summed E-state index contributed by atoms with van der Waals surface area (Å²) in [6.07, 6.45) is 2.48. The highest BCUT2D eigenvalue weighted by atomic mass is 16.5. The van der Waals surface area contributed by atoms with Crippen LogP contribution in [0.15, 0.2) is 40.2 Å². The van der Waals surface area contributed by atoms with Crippen molar-refractivity contribution in [3.63, 3.8) is 0 Å². The van der Waals surface area contributed by atoms with Crippen molar-refractivity contribution in [2.45, 2.75) is 39.8 Å². The average molecular weight is 342 g/mol. The summed E-state index contributed by atoms with van der Waals surface area (Å²) in [5, 5.41) is 0. The Labute approximate surface area is 145 Å². The molecule has 0 N–H and O–H groups in total. The molecule has 0 unspecified atom stereocenters. The van der Waals surface area contributed by atoms with E-state index in [-0.39, 0.29) is 11.6 Å². The Bertz CT molecular complexity index is 1030. The van der Waals surface area contributed by atoms with E-state index in [0.717, 1.165) is 6.42 Å². The minimum atomic E-state index is -0.418. The Balaban J connectivity index is 2.51.